The van der Waals surface area contributed by atoms with Gasteiger partial charge in [-0.05, 0) is 36.8 Å². The van der Waals surface area contributed by atoms with Gasteiger partial charge in [0.25, 0.3) is 11.8 Å². The van der Waals surface area contributed by atoms with Gasteiger partial charge in [0.15, 0.2) is 11.5 Å². The van der Waals surface area contributed by atoms with Crippen molar-refractivity contribution in [1.29, 1.82) is 0 Å². The van der Waals surface area contributed by atoms with Crippen LogP contribution >= 0.6 is 11.6 Å². The fraction of sp³-hybridized carbons (Fsp3) is 0.143. The van der Waals surface area contributed by atoms with E-state index in [4.69, 9.17) is 17.3 Å². The van der Waals surface area contributed by atoms with Gasteiger partial charge >= 0.3 is 6.18 Å². The van der Waals surface area contributed by atoms with Gasteiger partial charge in [-0.25, -0.2) is 9.67 Å². The van der Waals surface area contributed by atoms with Crippen LogP contribution in [0.5, 0.6) is 0 Å². The summed E-state index contributed by atoms with van der Waals surface area (Å²) in [7, 11) is 0. The number of pyridine rings is 1. The third-order valence-corrected chi connectivity index (χ3v) is 5.65. The second-order valence-corrected chi connectivity index (χ2v) is 8.36. The average molecular weight is 546 g/mol. The molecule has 0 bridgehead atoms. The Labute approximate surface area is 214 Å². The molecule has 194 valence electrons. The molecule has 0 unspecified atom stereocenters. The first-order valence-corrected chi connectivity index (χ1v) is 11.0. The van der Waals surface area contributed by atoms with Crippen LogP contribution in [0.25, 0.3) is 16.9 Å². The van der Waals surface area contributed by atoms with Crippen molar-refractivity contribution in [3.05, 3.63) is 69.9 Å². The lowest BCUT2D eigenvalue weighted by Crippen LogP contribution is -2.22. The van der Waals surface area contributed by atoms with Gasteiger partial charge in [0.05, 0.1) is 28.2 Å². The van der Waals surface area contributed by atoms with Gasteiger partial charge in [-0.3, -0.25) is 9.59 Å². The van der Waals surface area contributed by atoms with Crippen molar-refractivity contribution in [2.24, 2.45) is 5.73 Å². The molecular formula is C21H15ClF3N11O2. The van der Waals surface area contributed by atoms with Crippen molar-refractivity contribution in [2.75, 3.05) is 5.32 Å². The zero-order valence-electron chi connectivity index (χ0n) is 19.2. The van der Waals surface area contributed by atoms with Crippen molar-refractivity contribution in [1.82, 2.24) is 45.2 Å². The molecule has 5 rings (SSSR count). The highest BCUT2D eigenvalue weighted by atomic mass is 35.5. The van der Waals surface area contributed by atoms with Crippen LogP contribution in [0.2, 0.25) is 5.02 Å². The maximum absolute atomic E-state index is 13.5. The van der Waals surface area contributed by atoms with Crippen LogP contribution in [0.15, 0.2) is 36.7 Å². The van der Waals surface area contributed by atoms with E-state index in [-0.39, 0.29) is 45.5 Å². The number of primary amides is 1. The van der Waals surface area contributed by atoms with E-state index in [9.17, 15) is 22.8 Å². The highest BCUT2D eigenvalue weighted by Gasteiger charge is 2.34. The number of carbonyl (C=O) groups is 2. The number of amides is 2. The Bertz CT molecular complexity index is 1710. The number of nitrogens with one attached hydrogen (secondary N) is 2. The molecule has 0 aliphatic heterocycles. The zero-order chi connectivity index (χ0) is 27.2. The lowest BCUT2D eigenvalue weighted by molar-refractivity contribution is -0.141. The highest BCUT2D eigenvalue weighted by molar-refractivity contribution is 6.32. The number of carbonyl (C=O) groups excluding carboxylic acids is 2. The second kappa shape index (κ2) is 9.22. The van der Waals surface area contributed by atoms with Crippen LogP contribution in [0.4, 0.5) is 18.9 Å². The van der Waals surface area contributed by atoms with Crippen LogP contribution in [-0.2, 0) is 12.7 Å². The first kappa shape index (κ1) is 24.8. The number of fused-ring (bicyclic) bond motifs is 1. The van der Waals surface area contributed by atoms with Crippen molar-refractivity contribution in [3.8, 4) is 5.82 Å². The normalized spacial score (nSPS) is 11.7. The monoisotopic (exact) mass is 545 g/mol. The van der Waals surface area contributed by atoms with Gasteiger partial charge in [0, 0.05) is 6.20 Å². The third kappa shape index (κ3) is 4.52. The molecule has 5 aromatic rings. The summed E-state index contributed by atoms with van der Waals surface area (Å²) in [6.45, 7) is 1.33. The molecule has 0 spiro atoms. The van der Waals surface area contributed by atoms with Crippen LogP contribution in [0, 0.1) is 6.92 Å². The summed E-state index contributed by atoms with van der Waals surface area (Å²) < 4.78 is 39.9. The molecule has 4 heterocycles. The van der Waals surface area contributed by atoms with E-state index < -0.39 is 23.7 Å². The van der Waals surface area contributed by atoms with E-state index in [2.05, 4.69) is 41.0 Å². The van der Waals surface area contributed by atoms with Crippen LogP contribution in [-0.4, -0.2) is 57.0 Å². The summed E-state index contributed by atoms with van der Waals surface area (Å²) in [5.74, 6) is -1.52. The standard InChI is InChI=1S/C21H15ClF3N11O2/c1-9-5-12-17(31-34-30-12)15(18(26)37)16(9)29-20(38)13-6-10(8-35-28-7-14(33-35)21(23,24)25)32-36(13)19-11(22)3-2-4-27-19/h2-7H,8H2,1H3,(H2,26,37)(H,29,38)(H,30,31,34). The summed E-state index contributed by atoms with van der Waals surface area (Å²) in [5, 5.41) is 24.4. The van der Waals surface area contributed by atoms with Crippen molar-refractivity contribution >= 4 is 40.1 Å². The Balaban J connectivity index is 1.56. The maximum Gasteiger partial charge on any atom is 0.436 e. The topological polar surface area (TPSA) is 175 Å². The number of aromatic nitrogens is 9. The third-order valence-electron chi connectivity index (χ3n) is 5.36. The molecule has 0 aliphatic rings. The molecule has 4 aromatic heterocycles. The molecule has 38 heavy (non-hydrogen) atoms. The van der Waals surface area contributed by atoms with E-state index in [0.29, 0.717) is 17.3 Å². The van der Waals surface area contributed by atoms with Crippen molar-refractivity contribution < 1.29 is 22.8 Å². The molecule has 0 saturated heterocycles. The number of halogens is 4. The Morgan fingerprint density at radius 1 is 1.21 bits per heavy atom. The highest BCUT2D eigenvalue weighted by Crippen LogP contribution is 2.29. The predicted molar refractivity (Wildman–Crippen MR) is 126 cm³/mol. The Morgan fingerprint density at radius 2 is 2.00 bits per heavy atom. The van der Waals surface area contributed by atoms with Gasteiger partial charge in [0.2, 0.25) is 0 Å². The van der Waals surface area contributed by atoms with Crippen molar-refractivity contribution in [2.45, 2.75) is 19.6 Å². The van der Waals surface area contributed by atoms with E-state index in [1.165, 1.54) is 18.3 Å². The van der Waals surface area contributed by atoms with Crippen LogP contribution in [0.3, 0.4) is 0 Å². The first-order chi connectivity index (χ1) is 18.0. The number of hydrogen-bond donors (Lipinski definition) is 3. The van der Waals surface area contributed by atoms with E-state index in [1.54, 1.807) is 19.1 Å². The summed E-state index contributed by atoms with van der Waals surface area (Å²) in [6.07, 6.45) is -2.68. The van der Waals surface area contributed by atoms with Crippen LogP contribution < -0.4 is 11.1 Å². The molecule has 0 saturated carbocycles. The molecule has 0 fully saturated rings. The van der Waals surface area contributed by atoms with Gasteiger partial charge in [0.1, 0.15) is 23.3 Å². The predicted octanol–water partition coefficient (Wildman–Crippen LogP) is 2.51. The molecule has 17 heteroatoms. The van der Waals surface area contributed by atoms with Gasteiger partial charge in [-0.1, -0.05) is 11.6 Å². The summed E-state index contributed by atoms with van der Waals surface area (Å²) in [6, 6.07) is 6.00. The van der Waals surface area contributed by atoms with Crippen LogP contribution in [0.1, 0.15) is 37.8 Å². The fourth-order valence-electron chi connectivity index (χ4n) is 3.71. The fourth-order valence-corrected chi connectivity index (χ4v) is 3.91. The summed E-state index contributed by atoms with van der Waals surface area (Å²) in [4.78, 5) is 30.7. The number of anilines is 1. The van der Waals surface area contributed by atoms with E-state index in [1.807, 2.05) is 0 Å². The number of H-pyrrole nitrogens is 1. The number of nitrogens with zero attached hydrogens (tertiary/aromatic N) is 8. The molecule has 4 N–H and O–H groups in total. The molecule has 2 amide bonds. The van der Waals surface area contributed by atoms with Gasteiger partial charge < -0.3 is 11.1 Å². The van der Waals surface area contributed by atoms with Gasteiger partial charge in [-0.15, -0.1) is 5.10 Å². The molecule has 0 aliphatic carbocycles. The zero-order valence-corrected chi connectivity index (χ0v) is 19.9. The molecular weight excluding hydrogens is 531 g/mol. The molecule has 13 nitrogen and oxygen atoms in total. The van der Waals surface area contributed by atoms with Crippen molar-refractivity contribution in [3.63, 3.8) is 0 Å². The Morgan fingerprint density at radius 3 is 2.68 bits per heavy atom. The number of alkyl halides is 3. The number of aryl methyl sites for hydroxylation is 1. The average Bonchev–Trinajstić information content (AvgIpc) is 3.59. The van der Waals surface area contributed by atoms with E-state index >= 15 is 0 Å². The Kier molecular flexibility index (Phi) is 6.02. The molecule has 0 radical (unpaired) electrons. The lowest BCUT2D eigenvalue weighted by atomic mass is 10.0. The summed E-state index contributed by atoms with van der Waals surface area (Å²) in [5.41, 5.74) is 5.44. The smallest absolute Gasteiger partial charge is 0.365 e. The quantitative estimate of drug-likeness (QED) is 0.291. The number of nitrogens with two attached hydrogens (primary N) is 1. The largest absolute Gasteiger partial charge is 0.436 e. The molecule has 0 atom stereocenters. The number of rotatable bonds is 6. The number of aromatic amines is 1. The Hall–Kier alpha value is -4.86. The molecule has 1 aromatic carbocycles. The summed E-state index contributed by atoms with van der Waals surface area (Å²) >= 11 is 6.27. The number of benzene rings is 1. The maximum atomic E-state index is 13.5. The number of hydrogen-bond acceptors (Lipinski definition) is 8. The minimum absolute atomic E-state index is 0.0651. The van der Waals surface area contributed by atoms with E-state index in [0.717, 1.165) is 9.48 Å². The lowest BCUT2D eigenvalue weighted by Gasteiger charge is -2.13. The second-order valence-electron chi connectivity index (χ2n) is 7.95. The SMILES string of the molecule is Cc1cc2n[nH]nc2c(C(N)=O)c1NC(=O)c1cc(Cn2ncc(C(F)(F)F)n2)nn1-c1ncccc1Cl. The minimum atomic E-state index is -4.68. The minimum Gasteiger partial charge on any atom is -0.365 e. The first-order valence-electron chi connectivity index (χ1n) is 10.7. The van der Waals surface area contributed by atoms with Gasteiger partial charge in [-0.2, -0.15) is 43.6 Å².